The van der Waals surface area contributed by atoms with Crippen LogP contribution in [0, 0.1) is 10.1 Å². The number of carbonyl (C=O) groups excluding carboxylic acids is 1. The summed E-state index contributed by atoms with van der Waals surface area (Å²) in [7, 11) is 0. The summed E-state index contributed by atoms with van der Waals surface area (Å²) in [5.74, 6) is -0.224. The van der Waals surface area contributed by atoms with Crippen molar-refractivity contribution >= 4 is 17.3 Å². The lowest BCUT2D eigenvalue weighted by molar-refractivity contribution is -0.385. The van der Waals surface area contributed by atoms with Crippen molar-refractivity contribution in [2.24, 2.45) is 0 Å². The van der Waals surface area contributed by atoms with Gasteiger partial charge in [0.15, 0.2) is 0 Å². The molecule has 0 saturated carbocycles. The van der Waals surface area contributed by atoms with Gasteiger partial charge in [-0.2, -0.15) is 0 Å². The number of hydrogen-bond donors (Lipinski definition) is 2. The zero-order valence-corrected chi connectivity index (χ0v) is 12.3. The number of hydrogen-bond acceptors (Lipinski definition) is 4. The minimum absolute atomic E-state index is 0.0338. The number of amides is 1. The SMILES string of the molecule is CCNC(C)(C)C(=O)Nc1ccc(CC)c([N+](=O)[O-])c1. The molecule has 110 valence electrons. The molecule has 0 unspecified atom stereocenters. The molecule has 1 rings (SSSR count). The third-order valence-electron chi connectivity index (χ3n) is 3.11. The van der Waals surface area contributed by atoms with E-state index < -0.39 is 10.5 Å². The van der Waals surface area contributed by atoms with Crippen LogP contribution in [0.15, 0.2) is 18.2 Å². The molecule has 0 heterocycles. The zero-order valence-electron chi connectivity index (χ0n) is 12.3. The number of aryl methyl sites for hydroxylation is 1. The van der Waals surface area contributed by atoms with Crippen molar-refractivity contribution in [3.05, 3.63) is 33.9 Å². The summed E-state index contributed by atoms with van der Waals surface area (Å²) in [5.41, 5.74) is 0.392. The third kappa shape index (κ3) is 3.77. The molecule has 1 aromatic carbocycles. The maximum atomic E-state index is 12.1. The van der Waals surface area contributed by atoms with Crippen LogP contribution in [-0.2, 0) is 11.2 Å². The van der Waals surface area contributed by atoms with E-state index in [2.05, 4.69) is 10.6 Å². The van der Waals surface area contributed by atoms with Gasteiger partial charge in [-0.3, -0.25) is 14.9 Å². The van der Waals surface area contributed by atoms with Crippen LogP contribution in [0.5, 0.6) is 0 Å². The van der Waals surface area contributed by atoms with Crippen molar-refractivity contribution in [2.45, 2.75) is 39.7 Å². The van der Waals surface area contributed by atoms with E-state index in [9.17, 15) is 14.9 Å². The van der Waals surface area contributed by atoms with Gasteiger partial charge in [0.2, 0.25) is 5.91 Å². The second-order valence-corrected chi connectivity index (χ2v) is 5.06. The second-order valence-electron chi connectivity index (χ2n) is 5.06. The molecule has 20 heavy (non-hydrogen) atoms. The Morgan fingerprint density at radius 1 is 1.35 bits per heavy atom. The molecule has 0 bridgehead atoms. The van der Waals surface area contributed by atoms with Crippen LogP contribution in [0.3, 0.4) is 0 Å². The molecule has 0 fully saturated rings. The fraction of sp³-hybridized carbons (Fsp3) is 0.500. The highest BCUT2D eigenvalue weighted by Crippen LogP contribution is 2.24. The number of nitrogens with one attached hydrogen (secondary N) is 2. The number of nitrogens with zero attached hydrogens (tertiary/aromatic N) is 1. The predicted octanol–water partition coefficient (Wildman–Crippen LogP) is 2.48. The summed E-state index contributed by atoms with van der Waals surface area (Å²) in [6.07, 6.45) is 0.577. The number of carbonyl (C=O) groups is 1. The Bertz CT molecular complexity index is 512. The van der Waals surface area contributed by atoms with E-state index in [0.29, 0.717) is 24.2 Å². The summed E-state index contributed by atoms with van der Waals surface area (Å²) in [6, 6.07) is 4.76. The van der Waals surface area contributed by atoms with Crippen LogP contribution in [0.25, 0.3) is 0 Å². The second kappa shape index (κ2) is 6.47. The molecule has 0 aromatic heterocycles. The van der Waals surface area contributed by atoms with E-state index >= 15 is 0 Å². The van der Waals surface area contributed by atoms with E-state index in [1.165, 1.54) is 6.07 Å². The van der Waals surface area contributed by atoms with Gasteiger partial charge in [0.25, 0.3) is 5.69 Å². The Morgan fingerprint density at radius 2 is 2.00 bits per heavy atom. The summed E-state index contributed by atoms with van der Waals surface area (Å²) >= 11 is 0. The molecule has 0 radical (unpaired) electrons. The first-order chi connectivity index (χ1) is 9.31. The average molecular weight is 279 g/mol. The molecule has 0 aliphatic carbocycles. The summed E-state index contributed by atoms with van der Waals surface area (Å²) in [5, 5.41) is 16.8. The average Bonchev–Trinajstić information content (AvgIpc) is 2.38. The molecule has 1 amide bonds. The smallest absolute Gasteiger partial charge is 0.274 e. The molecule has 1 aromatic rings. The summed E-state index contributed by atoms with van der Waals surface area (Å²) in [4.78, 5) is 22.7. The van der Waals surface area contributed by atoms with Gasteiger partial charge in [-0.1, -0.05) is 19.9 Å². The van der Waals surface area contributed by atoms with Crippen LogP contribution in [-0.4, -0.2) is 22.9 Å². The molecule has 0 atom stereocenters. The minimum atomic E-state index is -0.729. The van der Waals surface area contributed by atoms with Crippen LogP contribution in [0.2, 0.25) is 0 Å². The highest BCUT2D eigenvalue weighted by Gasteiger charge is 2.26. The number of nitro benzene ring substituents is 1. The van der Waals surface area contributed by atoms with Gasteiger partial charge in [0.05, 0.1) is 10.5 Å². The van der Waals surface area contributed by atoms with Crippen LogP contribution >= 0.6 is 0 Å². The number of nitro groups is 1. The minimum Gasteiger partial charge on any atom is -0.324 e. The zero-order chi connectivity index (χ0) is 15.3. The van der Waals surface area contributed by atoms with Gasteiger partial charge in [-0.15, -0.1) is 0 Å². The lowest BCUT2D eigenvalue weighted by Crippen LogP contribution is -2.49. The van der Waals surface area contributed by atoms with Crippen LogP contribution in [0.4, 0.5) is 11.4 Å². The normalized spacial score (nSPS) is 11.2. The molecule has 0 spiro atoms. The number of benzene rings is 1. The number of rotatable bonds is 6. The largest absolute Gasteiger partial charge is 0.324 e. The van der Waals surface area contributed by atoms with Crippen molar-refractivity contribution in [1.29, 1.82) is 0 Å². The molecule has 0 aliphatic rings. The van der Waals surface area contributed by atoms with Crippen molar-refractivity contribution in [3.63, 3.8) is 0 Å². The van der Waals surface area contributed by atoms with Crippen LogP contribution < -0.4 is 10.6 Å². The van der Waals surface area contributed by atoms with E-state index in [1.54, 1.807) is 26.0 Å². The molecular formula is C14H21N3O3. The Balaban J connectivity index is 2.96. The fourth-order valence-corrected chi connectivity index (χ4v) is 1.92. The van der Waals surface area contributed by atoms with Crippen molar-refractivity contribution in [3.8, 4) is 0 Å². The first-order valence-electron chi connectivity index (χ1n) is 6.65. The lowest BCUT2D eigenvalue weighted by Gasteiger charge is -2.24. The van der Waals surface area contributed by atoms with Gasteiger partial charge in [0, 0.05) is 17.3 Å². The first-order valence-corrected chi connectivity index (χ1v) is 6.65. The van der Waals surface area contributed by atoms with Gasteiger partial charge in [-0.25, -0.2) is 0 Å². The molecule has 0 saturated heterocycles. The van der Waals surface area contributed by atoms with Gasteiger partial charge in [-0.05, 0) is 32.9 Å². The summed E-state index contributed by atoms with van der Waals surface area (Å²) < 4.78 is 0. The van der Waals surface area contributed by atoms with Crippen molar-refractivity contribution < 1.29 is 9.72 Å². The Hall–Kier alpha value is -1.95. The standard InChI is InChI=1S/C14H21N3O3/c1-5-10-7-8-11(9-12(10)17(19)20)16-13(18)14(3,4)15-6-2/h7-9,15H,5-6H2,1-4H3,(H,16,18). The lowest BCUT2D eigenvalue weighted by atomic mass is 10.0. The molecular weight excluding hydrogens is 258 g/mol. The molecule has 2 N–H and O–H groups in total. The molecule has 6 heteroatoms. The quantitative estimate of drug-likeness (QED) is 0.619. The van der Waals surface area contributed by atoms with E-state index in [0.717, 1.165) is 0 Å². The number of anilines is 1. The Morgan fingerprint density at radius 3 is 2.50 bits per heavy atom. The highest BCUT2D eigenvalue weighted by atomic mass is 16.6. The maximum Gasteiger partial charge on any atom is 0.274 e. The van der Waals surface area contributed by atoms with E-state index in [1.807, 2.05) is 13.8 Å². The van der Waals surface area contributed by atoms with Gasteiger partial charge >= 0.3 is 0 Å². The predicted molar refractivity (Wildman–Crippen MR) is 78.9 cm³/mol. The monoisotopic (exact) mass is 279 g/mol. The maximum absolute atomic E-state index is 12.1. The van der Waals surface area contributed by atoms with E-state index in [4.69, 9.17) is 0 Å². The van der Waals surface area contributed by atoms with Gasteiger partial charge < -0.3 is 10.6 Å². The van der Waals surface area contributed by atoms with Gasteiger partial charge in [0.1, 0.15) is 0 Å². The highest BCUT2D eigenvalue weighted by molar-refractivity contribution is 5.97. The Kier molecular flexibility index (Phi) is 5.21. The molecule has 0 aliphatic heterocycles. The van der Waals surface area contributed by atoms with Crippen LogP contribution in [0.1, 0.15) is 33.3 Å². The fourth-order valence-electron chi connectivity index (χ4n) is 1.92. The topological polar surface area (TPSA) is 84.3 Å². The number of likely N-dealkylation sites (N-methyl/N-ethyl adjacent to an activating group) is 1. The first kappa shape index (κ1) is 16.1. The van der Waals surface area contributed by atoms with Crippen molar-refractivity contribution in [1.82, 2.24) is 5.32 Å². The third-order valence-corrected chi connectivity index (χ3v) is 3.11. The molecule has 6 nitrogen and oxygen atoms in total. The van der Waals surface area contributed by atoms with E-state index in [-0.39, 0.29) is 11.6 Å². The summed E-state index contributed by atoms with van der Waals surface area (Å²) in [6.45, 7) is 7.96. The Labute approximate surface area is 118 Å². The van der Waals surface area contributed by atoms with Crippen molar-refractivity contribution in [2.75, 3.05) is 11.9 Å².